The Morgan fingerprint density at radius 2 is 1.85 bits per heavy atom. The molecule has 1 atom stereocenters. The summed E-state index contributed by atoms with van der Waals surface area (Å²) in [6.07, 6.45) is -5.88. The van der Waals surface area contributed by atoms with Crippen molar-refractivity contribution in [2.75, 3.05) is 7.11 Å². The third-order valence-electron chi connectivity index (χ3n) is 2.76. The first-order chi connectivity index (χ1) is 9.15. The van der Waals surface area contributed by atoms with E-state index >= 15 is 0 Å². The molecule has 0 saturated carbocycles. The van der Waals surface area contributed by atoms with Crippen LogP contribution in [0.15, 0.2) is 24.3 Å². The average Bonchev–Trinajstić information content (AvgIpc) is 2.35. The van der Waals surface area contributed by atoms with Gasteiger partial charge >= 0.3 is 6.18 Å². The van der Waals surface area contributed by atoms with Crippen molar-refractivity contribution in [3.63, 3.8) is 0 Å². The molecule has 1 aromatic carbocycles. The van der Waals surface area contributed by atoms with E-state index in [0.717, 1.165) is 0 Å². The lowest BCUT2D eigenvalue weighted by molar-refractivity contribution is -0.253. The van der Waals surface area contributed by atoms with Crippen LogP contribution >= 0.6 is 0 Å². The highest BCUT2D eigenvalue weighted by atomic mass is 19.4. The summed E-state index contributed by atoms with van der Waals surface area (Å²) in [6, 6.07) is 6.71. The lowest BCUT2D eigenvalue weighted by atomic mass is 10.0. The second kappa shape index (κ2) is 6.13. The summed E-state index contributed by atoms with van der Waals surface area (Å²) in [6.45, 7) is 0.650. The molecule has 1 aromatic rings. The Kier molecular flexibility index (Phi) is 4.99. The Morgan fingerprint density at radius 3 is 2.30 bits per heavy atom. The molecule has 0 fully saturated rings. The maximum absolute atomic E-state index is 12.4. The van der Waals surface area contributed by atoms with Crippen LogP contribution in [0, 0.1) is 0 Å². The van der Waals surface area contributed by atoms with Crippen LogP contribution in [0.1, 0.15) is 18.9 Å². The number of ether oxygens (including phenoxy) is 1. The first-order valence-corrected chi connectivity index (χ1v) is 5.84. The molecule has 1 amide bonds. The minimum atomic E-state index is -4.84. The van der Waals surface area contributed by atoms with Crippen LogP contribution in [0.5, 0.6) is 5.75 Å². The Labute approximate surface area is 114 Å². The smallest absolute Gasteiger partial charge is 0.417 e. The van der Waals surface area contributed by atoms with Crippen molar-refractivity contribution in [3.05, 3.63) is 29.8 Å². The molecule has 0 aliphatic rings. The summed E-state index contributed by atoms with van der Waals surface area (Å²) in [5, 5.41) is 11.5. The predicted octanol–water partition coefficient (Wildman–Crippen LogP) is 2.01. The quantitative estimate of drug-likeness (QED) is 0.872. The summed E-state index contributed by atoms with van der Waals surface area (Å²) in [5.74, 6) is -0.233. The van der Waals surface area contributed by atoms with E-state index in [1.165, 1.54) is 7.11 Å². The zero-order valence-electron chi connectivity index (χ0n) is 11.1. The number of nitrogens with one attached hydrogen (secondary N) is 1. The number of halogens is 3. The highest BCUT2D eigenvalue weighted by Gasteiger charge is 2.50. The van der Waals surface area contributed by atoms with Gasteiger partial charge in [0.15, 0.2) is 5.60 Å². The van der Waals surface area contributed by atoms with Crippen molar-refractivity contribution >= 4 is 5.91 Å². The van der Waals surface area contributed by atoms with Crippen LogP contribution in [0.4, 0.5) is 13.2 Å². The number of hydrogen-bond donors (Lipinski definition) is 2. The van der Waals surface area contributed by atoms with E-state index in [1.54, 1.807) is 24.3 Å². The molecule has 2 N–H and O–H groups in total. The number of rotatable bonds is 5. The average molecular weight is 291 g/mol. The Morgan fingerprint density at radius 1 is 1.30 bits per heavy atom. The molecule has 7 heteroatoms. The van der Waals surface area contributed by atoms with Crippen LogP contribution < -0.4 is 10.1 Å². The van der Waals surface area contributed by atoms with Gasteiger partial charge in [-0.2, -0.15) is 13.2 Å². The van der Waals surface area contributed by atoms with Crippen LogP contribution in [-0.2, 0) is 11.3 Å². The number of hydrogen-bond acceptors (Lipinski definition) is 3. The van der Waals surface area contributed by atoms with Crippen LogP contribution in [0.25, 0.3) is 0 Å². The molecular formula is C13H16F3NO3. The molecule has 0 spiro atoms. The fraction of sp³-hybridized carbons (Fsp3) is 0.462. The van der Waals surface area contributed by atoms with Crippen LogP contribution in [0.2, 0.25) is 0 Å². The van der Waals surface area contributed by atoms with Gasteiger partial charge < -0.3 is 15.2 Å². The second-order valence-electron chi connectivity index (χ2n) is 4.57. The molecule has 0 bridgehead atoms. The fourth-order valence-corrected chi connectivity index (χ4v) is 1.42. The van der Waals surface area contributed by atoms with Gasteiger partial charge in [-0.15, -0.1) is 0 Å². The van der Waals surface area contributed by atoms with Crippen molar-refractivity contribution in [2.45, 2.75) is 31.7 Å². The summed E-state index contributed by atoms with van der Waals surface area (Å²) in [4.78, 5) is 11.4. The lowest BCUT2D eigenvalue weighted by Crippen LogP contribution is -2.46. The van der Waals surface area contributed by atoms with Crippen LogP contribution in [0.3, 0.4) is 0 Å². The van der Waals surface area contributed by atoms with E-state index in [0.29, 0.717) is 18.2 Å². The molecular weight excluding hydrogens is 275 g/mol. The normalized spacial score (nSPS) is 14.5. The molecule has 20 heavy (non-hydrogen) atoms. The molecule has 4 nitrogen and oxygen atoms in total. The van der Waals surface area contributed by atoms with Crippen LogP contribution in [-0.4, -0.2) is 29.9 Å². The summed E-state index contributed by atoms with van der Waals surface area (Å²) >= 11 is 0. The standard InChI is InChI=1S/C13H16F3NO3/c1-12(19,13(14,15)16)7-11(18)17-8-9-3-5-10(20-2)6-4-9/h3-6,19H,7-8H2,1-2H3,(H,17,18)/t12-/m1/s1. The van der Waals surface area contributed by atoms with Crippen molar-refractivity contribution < 1.29 is 27.8 Å². The number of carbonyl (C=O) groups is 1. The first-order valence-electron chi connectivity index (χ1n) is 5.84. The molecule has 0 aromatic heterocycles. The third-order valence-corrected chi connectivity index (χ3v) is 2.76. The van der Waals surface area contributed by atoms with Gasteiger partial charge in [-0.3, -0.25) is 4.79 Å². The minimum absolute atomic E-state index is 0.0801. The van der Waals surface area contributed by atoms with E-state index in [4.69, 9.17) is 4.74 Å². The zero-order valence-corrected chi connectivity index (χ0v) is 11.1. The Bertz CT molecular complexity index is 455. The third kappa shape index (κ3) is 4.41. The summed E-state index contributed by atoms with van der Waals surface area (Å²) in [5.41, 5.74) is -2.32. The second-order valence-corrected chi connectivity index (χ2v) is 4.57. The van der Waals surface area contributed by atoms with Gasteiger partial charge in [0.2, 0.25) is 5.91 Å². The predicted molar refractivity (Wildman–Crippen MR) is 66.1 cm³/mol. The van der Waals surface area contributed by atoms with Gasteiger partial charge in [0, 0.05) is 6.54 Å². The summed E-state index contributed by atoms with van der Waals surface area (Å²) < 4.78 is 42.1. The van der Waals surface area contributed by atoms with E-state index in [-0.39, 0.29) is 6.54 Å². The van der Waals surface area contributed by atoms with Gasteiger partial charge in [0.1, 0.15) is 5.75 Å². The van der Waals surface area contributed by atoms with E-state index < -0.39 is 24.1 Å². The molecule has 1 rings (SSSR count). The number of aliphatic hydroxyl groups is 1. The first kappa shape index (κ1) is 16.3. The molecule has 0 radical (unpaired) electrons. The molecule has 112 valence electrons. The van der Waals surface area contributed by atoms with Gasteiger partial charge in [-0.1, -0.05) is 12.1 Å². The van der Waals surface area contributed by atoms with Gasteiger partial charge in [0.25, 0.3) is 0 Å². The zero-order chi connectivity index (χ0) is 15.4. The molecule has 0 saturated heterocycles. The molecule has 0 aliphatic heterocycles. The number of benzene rings is 1. The van der Waals surface area contributed by atoms with E-state index in [2.05, 4.69) is 5.32 Å². The van der Waals surface area contributed by atoms with Crippen molar-refractivity contribution in [2.24, 2.45) is 0 Å². The SMILES string of the molecule is COc1ccc(CNC(=O)C[C@@](C)(O)C(F)(F)F)cc1. The van der Waals surface area contributed by atoms with Gasteiger partial charge in [-0.05, 0) is 24.6 Å². The fourth-order valence-electron chi connectivity index (χ4n) is 1.42. The number of methoxy groups -OCH3 is 1. The van der Waals surface area contributed by atoms with Crippen molar-refractivity contribution in [1.29, 1.82) is 0 Å². The minimum Gasteiger partial charge on any atom is -0.497 e. The number of amides is 1. The van der Waals surface area contributed by atoms with Gasteiger partial charge in [-0.25, -0.2) is 0 Å². The van der Waals surface area contributed by atoms with Gasteiger partial charge in [0.05, 0.1) is 13.5 Å². The number of alkyl halides is 3. The number of carbonyl (C=O) groups excluding carboxylic acids is 1. The maximum Gasteiger partial charge on any atom is 0.417 e. The maximum atomic E-state index is 12.4. The van der Waals surface area contributed by atoms with Crippen molar-refractivity contribution in [3.8, 4) is 5.75 Å². The van der Waals surface area contributed by atoms with Crippen molar-refractivity contribution in [1.82, 2.24) is 5.32 Å². The topological polar surface area (TPSA) is 58.6 Å². The highest BCUT2D eigenvalue weighted by molar-refractivity contribution is 5.77. The molecule has 0 heterocycles. The molecule has 0 aliphatic carbocycles. The monoisotopic (exact) mass is 291 g/mol. The summed E-state index contributed by atoms with van der Waals surface area (Å²) in [7, 11) is 1.51. The Hall–Kier alpha value is -1.76. The lowest BCUT2D eigenvalue weighted by Gasteiger charge is -2.25. The van der Waals surface area contributed by atoms with E-state index in [1.807, 2.05) is 0 Å². The largest absolute Gasteiger partial charge is 0.497 e. The van der Waals surface area contributed by atoms with E-state index in [9.17, 15) is 23.1 Å². The highest BCUT2D eigenvalue weighted by Crippen LogP contribution is 2.32. The Balaban J connectivity index is 2.51. The molecule has 0 unspecified atom stereocenters.